The largest absolute Gasteiger partial charge is 0.391 e. The van der Waals surface area contributed by atoms with Gasteiger partial charge < -0.3 is 10.4 Å². The molecule has 0 spiro atoms. The van der Waals surface area contributed by atoms with Gasteiger partial charge in [0.2, 0.25) is 5.91 Å². The van der Waals surface area contributed by atoms with E-state index in [2.05, 4.69) is 5.32 Å². The third-order valence-corrected chi connectivity index (χ3v) is 3.47. The van der Waals surface area contributed by atoms with Crippen molar-refractivity contribution in [2.24, 2.45) is 5.92 Å². The average molecular weight is 213 g/mol. The lowest BCUT2D eigenvalue weighted by molar-refractivity contribution is -0.128. The van der Waals surface area contributed by atoms with E-state index in [0.717, 1.165) is 25.7 Å². The lowest BCUT2D eigenvalue weighted by Crippen LogP contribution is -2.52. The Morgan fingerprint density at radius 3 is 2.33 bits per heavy atom. The Bertz CT molecular complexity index is 218. The van der Waals surface area contributed by atoms with E-state index in [0.29, 0.717) is 0 Å². The second kappa shape index (κ2) is 4.97. The first-order chi connectivity index (χ1) is 6.93. The number of hydrogen-bond donors (Lipinski definition) is 2. The number of aliphatic hydroxyl groups is 1. The van der Waals surface area contributed by atoms with Gasteiger partial charge >= 0.3 is 0 Å². The quantitative estimate of drug-likeness (QED) is 0.751. The molecule has 1 saturated carbocycles. The summed E-state index contributed by atoms with van der Waals surface area (Å²) in [6, 6.07) is 0. The minimum atomic E-state index is -0.523. The first-order valence-electron chi connectivity index (χ1n) is 5.93. The maximum absolute atomic E-state index is 11.9. The van der Waals surface area contributed by atoms with Crippen molar-refractivity contribution in [2.75, 3.05) is 0 Å². The maximum Gasteiger partial charge on any atom is 0.223 e. The number of carbonyl (C=O) groups excluding carboxylic acids is 1. The molecule has 0 heterocycles. The molecule has 1 aliphatic rings. The third kappa shape index (κ3) is 3.49. The molecule has 3 heteroatoms. The van der Waals surface area contributed by atoms with Gasteiger partial charge in [0.25, 0.3) is 0 Å². The smallest absolute Gasteiger partial charge is 0.223 e. The van der Waals surface area contributed by atoms with Crippen LogP contribution < -0.4 is 5.32 Å². The molecule has 0 saturated heterocycles. The molecule has 0 bridgehead atoms. The van der Waals surface area contributed by atoms with Gasteiger partial charge in [0.1, 0.15) is 0 Å². The zero-order valence-corrected chi connectivity index (χ0v) is 10.0. The highest BCUT2D eigenvalue weighted by Crippen LogP contribution is 2.24. The van der Waals surface area contributed by atoms with Gasteiger partial charge in [-0.25, -0.2) is 0 Å². The lowest BCUT2D eigenvalue weighted by Gasteiger charge is -2.32. The van der Waals surface area contributed by atoms with Crippen LogP contribution in [0.15, 0.2) is 0 Å². The fourth-order valence-corrected chi connectivity index (χ4v) is 1.89. The van der Waals surface area contributed by atoms with Crippen molar-refractivity contribution >= 4 is 5.91 Å². The topological polar surface area (TPSA) is 49.3 Å². The second-order valence-corrected chi connectivity index (χ2v) is 5.22. The van der Waals surface area contributed by atoms with Crippen LogP contribution in [0.2, 0.25) is 0 Å². The third-order valence-electron chi connectivity index (χ3n) is 3.47. The molecule has 1 aliphatic carbocycles. The predicted octanol–water partition coefficient (Wildman–Crippen LogP) is 1.84. The van der Waals surface area contributed by atoms with Crippen LogP contribution >= 0.6 is 0 Å². The molecule has 0 radical (unpaired) electrons. The van der Waals surface area contributed by atoms with Gasteiger partial charge in [-0.05, 0) is 33.6 Å². The van der Waals surface area contributed by atoms with E-state index in [1.807, 2.05) is 13.8 Å². The molecule has 0 aliphatic heterocycles. The summed E-state index contributed by atoms with van der Waals surface area (Å²) in [5.41, 5.74) is -0.519. The van der Waals surface area contributed by atoms with E-state index in [9.17, 15) is 9.90 Å². The number of nitrogens with one attached hydrogen (secondary N) is 1. The van der Waals surface area contributed by atoms with E-state index in [1.165, 1.54) is 6.42 Å². The summed E-state index contributed by atoms with van der Waals surface area (Å²) in [5, 5.41) is 12.4. The van der Waals surface area contributed by atoms with E-state index >= 15 is 0 Å². The maximum atomic E-state index is 11.9. The van der Waals surface area contributed by atoms with Crippen LogP contribution in [-0.4, -0.2) is 22.7 Å². The number of carbonyl (C=O) groups is 1. The Balaban J connectivity index is 2.47. The van der Waals surface area contributed by atoms with Gasteiger partial charge in [-0.15, -0.1) is 0 Å². The first kappa shape index (κ1) is 12.5. The zero-order valence-electron chi connectivity index (χ0n) is 10.0. The van der Waals surface area contributed by atoms with Gasteiger partial charge in [-0.2, -0.15) is 0 Å². The van der Waals surface area contributed by atoms with Gasteiger partial charge in [0.15, 0.2) is 0 Å². The summed E-state index contributed by atoms with van der Waals surface area (Å²) in [4.78, 5) is 11.9. The Morgan fingerprint density at radius 1 is 1.33 bits per heavy atom. The number of rotatable bonds is 3. The van der Waals surface area contributed by atoms with Crippen molar-refractivity contribution in [2.45, 2.75) is 64.5 Å². The molecule has 1 atom stereocenters. The second-order valence-electron chi connectivity index (χ2n) is 5.22. The molecule has 88 valence electrons. The molecule has 3 nitrogen and oxygen atoms in total. The summed E-state index contributed by atoms with van der Waals surface area (Å²) >= 11 is 0. The monoisotopic (exact) mass is 213 g/mol. The fraction of sp³-hybridized carbons (Fsp3) is 0.917. The highest BCUT2D eigenvalue weighted by Gasteiger charge is 2.29. The molecule has 1 amide bonds. The van der Waals surface area contributed by atoms with Gasteiger partial charge in [0, 0.05) is 5.92 Å². The molecule has 1 unspecified atom stereocenters. The number of aliphatic hydroxyl groups excluding tert-OH is 1. The molecule has 1 fully saturated rings. The fourth-order valence-electron chi connectivity index (χ4n) is 1.89. The summed E-state index contributed by atoms with van der Waals surface area (Å²) < 4.78 is 0. The SMILES string of the molecule is CC(O)C(C)(C)NC(=O)C1CCCCC1. The van der Waals surface area contributed by atoms with Crippen molar-refractivity contribution in [3.63, 3.8) is 0 Å². The van der Waals surface area contributed by atoms with Crippen LogP contribution in [0.5, 0.6) is 0 Å². The van der Waals surface area contributed by atoms with E-state index in [-0.39, 0.29) is 11.8 Å². The molecular formula is C12H23NO2. The molecular weight excluding hydrogens is 190 g/mol. The summed E-state index contributed by atoms with van der Waals surface area (Å²) in [6.45, 7) is 5.43. The minimum absolute atomic E-state index is 0.112. The van der Waals surface area contributed by atoms with Crippen LogP contribution in [0.1, 0.15) is 52.9 Å². The van der Waals surface area contributed by atoms with E-state index < -0.39 is 11.6 Å². The Labute approximate surface area is 92.3 Å². The molecule has 2 N–H and O–H groups in total. The van der Waals surface area contributed by atoms with Gasteiger partial charge in [-0.1, -0.05) is 19.3 Å². The zero-order chi connectivity index (χ0) is 11.5. The minimum Gasteiger partial charge on any atom is -0.391 e. The molecule has 0 aromatic rings. The summed E-state index contributed by atoms with van der Waals surface area (Å²) in [5.74, 6) is 0.275. The standard InChI is InChI=1S/C12H23NO2/c1-9(14)12(2,3)13-11(15)10-7-5-4-6-8-10/h9-10,14H,4-8H2,1-3H3,(H,13,15). The average Bonchev–Trinajstić information content (AvgIpc) is 2.18. The highest BCUT2D eigenvalue weighted by molar-refractivity contribution is 5.79. The Hall–Kier alpha value is -0.570. The Morgan fingerprint density at radius 2 is 1.87 bits per heavy atom. The molecule has 1 rings (SSSR count). The van der Waals surface area contributed by atoms with Crippen molar-refractivity contribution in [1.29, 1.82) is 0 Å². The van der Waals surface area contributed by atoms with E-state index in [4.69, 9.17) is 0 Å². The number of hydrogen-bond acceptors (Lipinski definition) is 2. The van der Waals surface area contributed by atoms with Gasteiger partial charge in [0.05, 0.1) is 11.6 Å². The van der Waals surface area contributed by atoms with Crippen molar-refractivity contribution in [3.05, 3.63) is 0 Å². The molecule has 0 aromatic heterocycles. The van der Waals surface area contributed by atoms with E-state index in [1.54, 1.807) is 6.92 Å². The normalized spacial score (nSPS) is 21.1. The van der Waals surface area contributed by atoms with Crippen LogP contribution in [0.3, 0.4) is 0 Å². The summed E-state index contributed by atoms with van der Waals surface area (Å²) in [7, 11) is 0. The van der Waals surface area contributed by atoms with Crippen LogP contribution in [-0.2, 0) is 4.79 Å². The number of amides is 1. The molecule has 15 heavy (non-hydrogen) atoms. The molecule has 0 aromatic carbocycles. The lowest BCUT2D eigenvalue weighted by atomic mass is 9.87. The van der Waals surface area contributed by atoms with Crippen LogP contribution in [0, 0.1) is 5.92 Å². The van der Waals surface area contributed by atoms with Crippen molar-refractivity contribution in [3.8, 4) is 0 Å². The van der Waals surface area contributed by atoms with Crippen molar-refractivity contribution in [1.82, 2.24) is 5.32 Å². The first-order valence-corrected chi connectivity index (χ1v) is 5.93. The predicted molar refractivity (Wildman–Crippen MR) is 60.5 cm³/mol. The van der Waals surface area contributed by atoms with Crippen LogP contribution in [0.25, 0.3) is 0 Å². The Kier molecular flexibility index (Phi) is 4.14. The van der Waals surface area contributed by atoms with Crippen LogP contribution in [0.4, 0.5) is 0 Å². The van der Waals surface area contributed by atoms with Gasteiger partial charge in [-0.3, -0.25) is 4.79 Å². The van der Waals surface area contributed by atoms with Crippen molar-refractivity contribution < 1.29 is 9.90 Å². The summed E-state index contributed by atoms with van der Waals surface area (Å²) in [6.07, 6.45) is 5.05. The highest BCUT2D eigenvalue weighted by atomic mass is 16.3.